The number of alkyl halides is 3. The molecule has 0 saturated carbocycles. The van der Waals surface area contributed by atoms with E-state index in [9.17, 15) is 30.8 Å². The third-order valence-corrected chi connectivity index (χ3v) is 4.03. The van der Waals surface area contributed by atoms with Gasteiger partial charge in [-0.25, -0.2) is 17.8 Å². The second kappa shape index (κ2) is 9.50. The summed E-state index contributed by atoms with van der Waals surface area (Å²) in [5, 5.41) is 0.533. The second-order valence-electron chi connectivity index (χ2n) is 5.04. The summed E-state index contributed by atoms with van der Waals surface area (Å²) >= 11 is 0. The SMILES string of the molecule is COc1ccc(/C=C/S(=O)(=O)[N-]C(=O)c2ccc(F)cc2C(F)(F)F)cn1.[Na+]. The molecule has 1 aromatic heterocycles. The monoisotopic (exact) mass is 426 g/mol. The zero-order valence-electron chi connectivity index (χ0n) is 14.6. The fraction of sp³-hybridized carbons (Fsp3) is 0.125. The predicted octanol–water partition coefficient (Wildman–Crippen LogP) is 0.767. The van der Waals surface area contributed by atoms with E-state index in [1.165, 1.54) is 25.4 Å². The molecular formula is C16H11F4N2NaO4S. The quantitative estimate of drug-likeness (QED) is 0.521. The molecule has 0 saturated heterocycles. The molecule has 1 amide bonds. The number of methoxy groups -OCH3 is 1. The van der Waals surface area contributed by atoms with Gasteiger partial charge >= 0.3 is 35.7 Å². The smallest absolute Gasteiger partial charge is 0.538 e. The van der Waals surface area contributed by atoms with Crippen molar-refractivity contribution in [2.45, 2.75) is 6.18 Å². The number of aromatic nitrogens is 1. The van der Waals surface area contributed by atoms with Crippen LogP contribution in [-0.2, 0) is 16.2 Å². The number of carbonyl (C=O) groups is 1. The minimum Gasteiger partial charge on any atom is -0.538 e. The zero-order chi connectivity index (χ0) is 20.2. The Labute approximate surface area is 180 Å². The Morgan fingerprint density at radius 2 is 1.89 bits per heavy atom. The van der Waals surface area contributed by atoms with E-state index in [0.29, 0.717) is 23.1 Å². The fourth-order valence-corrected chi connectivity index (χ4v) is 2.63. The largest absolute Gasteiger partial charge is 1.00 e. The van der Waals surface area contributed by atoms with Crippen LogP contribution in [0.4, 0.5) is 17.6 Å². The first-order valence-corrected chi connectivity index (χ1v) is 8.59. The molecule has 1 heterocycles. The van der Waals surface area contributed by atoms with Crippen molar-refractivity contribution in [2.75, 3.05) is 7.11 Å². The fourth-order valence-electron chi connectivity index (χ4n) is 1.91. The number of halogens is 4. The van der Waals surface area contributed by atoms with Crippen molar-refractivity contribution >= 4 is 22.0 Å². The van der Waals surface area contributed by atoms with Crippen molar-refractivity contribution in [1.82, 2.24) is 4.98 Å². The standard InChI is InChI=1S/C16H12F4N2O4S.Na/c1-26-14-5-2-10(9-21-14)6-7-27(24,25)22-15(23)12-4-3-11(17)8-13(12)16(18,19)20;/h2-9H,1H3,(H,22,23);/q;+1/p-1/b7-6+;. The van der Waals surface area contributed by atoms with Gasteiger partial charge in [0.1, 0.15) is 15.8 Å². The number of ether oxygens (including phenoxy) is 1. The molecule has 0 unspecified atom stereocenters. The van der Waals surface area contributed by atoms with Crippen molar-refractivity contribution in [3.05, 3.63) is 69.2 Å². The van der Waals surface area contributed by atoms with E-state index in [-0.39, 0.29) is 41.5 Å². The molecule has 2 aromatic rings. The van der Waals surface area contributed by atoms with E-state index in [4.69, 9.17) is 4.74 Å². The average Bonchev–Trinajstić information content (AvgIpc) is 2.59. The van der Waals surface area contributed by atoms with Crippen LogP contribution in [0.5, 0.6) is 5.88 Å². The summed E-state index contributed by atoms with van der Waals surface area (Å²) in [6.45, 7) is 0. The van der Waals surface area contributed by atoms with Gasteiger partial charge in [0.05, 0.1) is 18.6 Å². The third-order valence-electron chi connectivity index (χ3n) is 3.13. The van der Waals surface area contributed by atoms with Gasteiger partial charge in [-0.1, -0.05) is 0 Å². The van der Waals surface area contributed by atoms with Gasteiger partial charge in [-0.05, 0) is 35.9 Å². The first-order chi connectivity index (χ1) is 12.5. The number of hydrogen-bond donors (Lipinski definition) is 0. The maximum absolute atomic E-state index is 13.1. The van der Waals surface area contributed by atoms with Gasteiger partial charge < -0.3 is 14.3 Å². The molecule has 0 bridgehead atoms. The number of benzene rings is 1. The van der Waals surface area contributed by atoms with Crippen LogP contribution in [-0.4, -0.2) is 26.4 Å². The first-order valence-electron chi connectivity index (χ1n) is 7.09. The molecule has 28 heavy (non-hydrogen) atoms. The molecule has 0 spiro atoms. The summed E-state index contributed by atoms with van der Waals surface area (Å²) in [4.78, 5) is 15.7. The van der Waals surface area contributed by atoms with Crippen molar-refractivity contribution in [1.29, 1.82) is 0 Å². The Hall–Kier alpha value is -1.95. The van der Waals surface area contributed by atoms with E-state index in [2.05, 4.69) is 9.71 Å². The average molecular weight is 426 g/mol. The molecule has 0 aliphatic carbocycles. The number of carbonyl (C=O) groups excluding carboxylic acids is 1. The summed E-state index contributed by atoms with van der Waals surface area (Å²) in [6, 6.07) is 4.12. The number of nitrogens with zero attached hydrogens (tertiary/aromatic N) is 2. The van der Waals surface area contributed by atoms with Gasteiger partial charge in [0, 0.05) is 23.2 Å². The molecule has 12 heteroatoms. The van der Waals surface area contributed by atoms with Gasteiger partial charge in [0.25, 0.3) is 0 Å². The number of rotatable bonds is 5. The Morgan fingerprint density at radius 1 is 1.21 bits per heavy atom. The zero-order valence-corrected chi connectivity index (χ0v) is 17.4. The Bertz CT molecular complexity index is 977. The van der Waals surface area contributed by atoms with Crippen LogP contribution in [0.25, 0.3) is 10.8 Å². The molecule has 6 nitrogen and oxygen atoms in total. The van der Waals surface area contributed by atoms with Gasteiger partial charge in [-0.2, -0.15) is 13.2 Å². The molecule has 2 rings (SSSR count). The maximum atomic E-state index is 13.1. The predicted molar refractivity (Wildman–Crippen MR) is 87.8 cm³/mol. The summed E-state index contributed by atoms with van der Waals surface area (Å²) in [5.41, 5.74) is -2.37. The normalized spacial score (nSPS) is 11.8. The van der Waals surface area contributed by atoms with Gasteiger partial charge in [0.15, 0.2) is 0 Å². The third kappa shape index (κ3) is 6.59. The summed E-state index contributed by atoms with van der Waals surface area (Å²) in [7, 11) is -3.15. The molecule has 1 aromatic carbocycles. The molecule has 0 fully saturated rings. The molecule has 0 radical (unpaired) electrons. The molecular weight excluding hydrogens is 415 g/mol. The number of amides is 1. The minimum atomic E-state index is -5.06. The molecule has 0 aliphatic rings. The molecule has 0 aliphatic heterocycles. The van der Waals surface area contributed by atoms with Crippen LogP contribution in [0.2, 0.25) is 0 Å². The van der Waals surface area contributed by atoms with Crippen LogP contribution in [0.15, 0.2) is 41.9 Å². The van der Waals surface area contributed by atoms with E-state index in [0.717, 1.165) is 6.08 Å². The van der Waals surface area contributed by atoms with Crippen molar-refractivity contribution in [3.8, 4) is 5.88 Å². The number of sulfonamides is 1. The molecule has 0 N–H and O–H groups in total. The van der Waals surface area contributed by atoms with Crippen LogP contribution in [0.3, 0.4) is 0 Å². The van der Waals surface area contributed by atoms with Gasteiger partial charge in [0.2, 0.25) is 5.88 Å². The van der Waals surface area contributed by atoms with E-state index in [1.807, 2.05) is 0 Å². The maximum Gasteiger partial charge on any atom is 1.00 e. The van der Waals surface area contributed by atoms with Crippen LogP contribution in [0.1, 0.15) is 21.5 Å². The van der Waals surface area contributed by atoms with Crippen LogP contribution in [0, 0.1) is 5.82 Å². The number of hydrogen-bond acceptors (Lipinski definition) is 5. The van der Waals surface area contributed by atoms with E-state index >= 15 is 0 Å². The van der Waals surface area contributed by atoms with Crippen molar-refractivity contribution in [3.63, 3.8) is 0 Å². The topological polar surface area (TPSA) is 87.4 Å². The van der Waals surface area contributed by atoms with Gasteiger partial charge in [-0.3, -0.25) is 0 Å². The van der Waals surface area contributed by atoms with Crippen molar-refractivity contribution in [2.24, 2.45) is 0 Å². The Balaban J connectivity index is 0.00000392. The Kier molecular flexibility index (Phi) is 8.17. The molecule has 0 atom stereocenters. The van der Waals surface area contributed by atoms with Crippen LogP contribution >= 0.6 is 0 Å². The molecule has 144 valence electrons. The second-order valence-corrected chi connectivity index (χ2v) is 6.52. The first kappa shape index (κ1) is 24.1. The van der Waals surface area contributed by atoms with Crippen LogP contribution < -0.4 is 34.3 Å². The summed E-state index contributed by atoms with van der Waals surface area (Å²) in [6.07, 6.45) is -2.74. The summed E-state index contributed by atoms with van der Waals surface area (Å²) < 4.78 is 83.2. The van der Waals surface area contributed by atoms with Crippen molar-refractivity contribution < 1.29 is 65.1 Å². The van der Waals surface area contributed by atoms with Gasteiger partial charge in [-0.15, -0.1) is 0 Å². The Morgan fingerprint density at radius 3 is 2.43 bits per heavy atom. The number of pyridine rings is 1. The van der Waals surface area contributed by atoms with E-state index in [1.54, 1.807) is 0 Å². The van der Waals surface area contributed by atoms with E-state index < -0.39 is 39.1 Å². The summed E-state index contributed by atoms with van der Waals surface area (Å²) in [5.74, 6) is -2.61. The minimum absolute atomic E-state index is 0.